The number of aryl methyl sites for hydroxylation is 2. The number of tetrazole rings is 1. The minimum absolute atomic E-state index is 0.00919. The fourth-order valence-corrected chi connectivity index (χ4v) is 2.23. The summed E-state index contributed by atoms with van der Waals surface area (Å²) >= 11 is 0. The Bertz CT molecular complexity index is 821. The molecule has 0 spiro atoms. The number of anilines is 1. The summed E-state index contributed by atoms with van der Waals surface area (Å²) in [5.74, 6) is 1.46. The Hall–Kier alpha value is -2.96. The molecule has 2 aromatic heterocycles. The molecular formula is C16H17N5O2. The van der Waals surface area contributed by atoms with E-state index in [1.54, 1.807) is 6.07 Å². The van der Waals surface area contributed by atoms with Crippen LogP contribution in [0.1, 0.15) is 18.2 Å². The van der Waals surface area contributed by atoms with E-state index in [0.717, 1.165) is 23.4 Å². The number of carbonyl (C=O) groups is 1. The van der Waals surface area contributed by atoms with Crippen molar-refractivity contribution >= 4 is 11.6 Å². The summed E-state index contributed by atoms with van der Waals surface area (Å²) in [7, 11) is 0. The van der Waals surface area contributed by atoms with E-state index in [1.165, 1.54) is 4.80 Å². The first-order chi connectivity index (χ1) is 11.2. The Morgan fingerprint density at radius 1 is 1.26 bits per heavy atom. The maximum absolute atomic E-state index is 12.1. The third kappa shape index (κ3) is 3.45. The molecule has 118 valence electrons. The van der Waals surface area contributed by atoms with Crippen LogP contribution in [0.25, 0.3) is 11.6 Å². The van der Waals surface area contributed by atoms with E-state index in [4.69, 9.17) is 4.42 Å². The lowest BCUT2D eigenvalue weighted by Crippen LogP contribution is -2.21. The van der Waals surface area contributed by atoms with E-state index in [-0.39, 0.29) is 12.5 Å². The Kier molecular flexibility index (Phi) is 4.18. The fourth-order valence-electron chi connectivity index (χ4n) is 2.23. The number of aromatic nitrogens is 4. The second-order valence-electron chi connectivity index (χ2n) is 5.11. The van der Waals surface area contributed by atoms with Gasteiger partial charge >= 0.3 is 0 Å². The van der Waals surface area contributed by atoms with Crippen molar-refractivity contribution < 1.29 is 9.21 Å². The van der Waals surface area contributed by atoms with E-state index >= 15 is 0 Å². The van der Waals surface area contributed by atoms with Crippen molar-refractivity contribution in [2.75, 3.05) is 5.32 Å². The molecule has 1 aromatic carbocycles. The van der Waals surface area contributed by atoms with Gasteiger partial charge in [0.25, 0.3) is 0 Å². The molecule has 0 saturated heterocycles. The van der Waals surface area contributed by atoms with Gasteiger partial charge in [0.2, 0.25) is 11.7 Å². The molecule has 7 nitrogen and oxygen atoms in total. The van der Waals surface area contributed by atoms with Gasteiger partial charge in [0.05, 0.1) is 0 Å². The van der Waals surface area contributed by atoms with Crippen LogP contribution >= 0.6 is 0 Å². The summed E-state index contributed by atoms with van der Waals surface area (Å²) in [6.07, 6.45) is 0.847. The number of para-hydroxylation sites is 1. The highest BCUT2D eigenvalue weighted by molar-refractivity contribution is 5.91. The van der Waals surface area contributed by atoms with Crippen molar-refractivity contribution in [3.05, 3.63) is 47.7 Å². The van der Waals surface area contributed by atoms with Gasteiger partial charge in [-0.05, 0) is 42.3 Å². The number of furan rings is 1. The van der Waals surface area contributed by atoms with Gasteiger partial charge in [0.15, 0.2) is 5.76 Å². The molecule has 7 heteroatoms. The lowest BCUT2D eigenvalue weighted by molar-refractivity contribution is -0.117. The first-order valence-electron chi connectivity index (χ1n) is 7.38. The summed E-state index contributed by atoms with van der Waals surface area (Å²) in [5, 5.41) is 14.8. The van der Waals surface area contributed by atoms with Crippen molar-refractivity contribution in [2.24, 2.45) is 0 Å². The molecular weight excluding hydrogens is 294 g/mol. The van der Waals surface area contributed by atoms with Gasteiger partial charge in [-0.1, -0.05) is 25.1 Å². The largest absolute Gasteiger partial charge is 0.458 e. The van der Waals surface area contributed by atoms with Crippen molar-refractivity contribution in [2.45, 2.75) is 26.8 Å². The number of hydrogen-bond donors (Lipinski definition) is 1. The van der Waals surface area contributed by atoms with E-state index in [1.807, 2.05) is 44.2 Å². The summed E-state index contributed by atoms with van der Waals surface area (Å²) in [6, 6.07) is 11.3. The first-order valence-corrected chi connectivity index (χ1v) is 7.38. The second-order valence-corrected chi connectivity index (χ2v) is 5.11. The highest BCUT2D eigenvalue weighted by atomic mass is 16.3. The van der Waals surface area contributed by atoms with Gasteiger partial charge < -0.3 is 9.73 Å². The van der Waals surface area contributed by atoms with Crippen LogP contribution in [0, 0.1) is 6.92 Å². The van der Waals surface area contributed by atoms with E-state index < -0.39 is 0 Å². The van der Waals surface area contributed by atoms with Gasteiger partial charge in [-0.15, -0.1) is 10.2 Å². The van der Waals surface area contributed by atoms with Crippen LogP contribution in [0.4, 0.5) is 5.69 Å². The molecule has 3 rings (SSSR count). The first kappa shape index (κ1) is 15.0. The molecule has 0 bridgehead atoms. The Balaban J connectivity index is 1.68. The Morgan fingerprint density at radius 3 is 2.83 bits per heavy atom. The second kappa shape index (κ2) is 6.43. The zero-order chi connectivity index (χ0) is 16.2. The molecule has 2 heterocycles. The molecule has 1 amide bonds. The maximum atomic E-state index is 12.1. The molecule has 0 aliphatic heterocycles. The van der Waals surface area contributed by atoms with Gasteiger partial charge in [0, 0.05) is 5.69 Å². The number of amides is 1. The number of rotatable bonds is 5. The van der Waals surface area contributed by atoms with Crippen molar-refractivity contribution in [3.8, 4) is 11.6 Å². The molecule has 0 saturated carbocycles. The van der Waals surface area contributed by atoms with Crippen LogP contribution in [0.3, 0.4) is 0 Å². The molecule has 0 aliphatic rings. The number of hydrogen-bond acceptors (Lipinski definition) is 5. The maximum Gasteiger partial charge on any atom is 0.248 e. The minimum atomic E-state index is -0.203. The summed E-state index contributed by atoms with van der Waals surface area (Å²) in [6.45, 7) is 3.87. The van der Waals surface area contributed by atoms with E-state index in [0.29, 0.717) is 11.6 Å². The fraction of sp³-hybridized carbons (Fsp3) is 0.250. The number of benzene rings is 1. The average Bonchev–Trinajstić information content (AvgIpc) is 3.16. The molecule has 23 heavy (non-hydrogen) atoms. The van der Waals surface area contributed by atoms with Crippen molar-refractivity contribution in [1.29, 1.82) is 0 Å². The average molecular weight is 311 g/mol. The lowest BCUT2D eigenvalue weighted by Gasteiger charge is -2.08. The molecule has 0 radical (unpaired) electrons. The molecule has 3 aromatic rings. The standard InChI is InChI=1S/C16H17N5O2/c1-3-12-6-4-5-7-13(12)17-15(22)10-21-19-16(18-20-21)14-9-8-11(2)23-14/h4-9H,3,10H2,1-2H3,(H,17,22). The van der Waals surface area contributed by atoms with Crippen LogP contribution in [0.15, 0.2) is 40.8 Å². The normalized spacial score (nSPS) is 10.7. The molecule has 0 atom stereocenters. The lowest BCUT2D eigenvalue weighted by atomic mass is 10.1. The zero-order valence-corrected chi connectivity index (χ0v) is 13.0. The summed E-state index contributed by atoms with van der Waals surface area (Å²) in [5.41, 5.74) is 1.89. The third-order valence-corrected chi connectivity index (χ3v) is 3.37. The monoisotopic (exact) mass is 311 g/mol. The smallest absolute Gasteiger partial charge is 0.248 e. The van der Waals surface area contributed by atoms with Crippen molar-refractivity contribution in [3.63, 3.8) is 0 Å². The number of nitrogens with one attached hydrogen (secondary N) is 1. The summed E-state index contributed by atoms with van der Waals surface area (Å²) < 4.78 is 5.43. The molecule has 1 N–H and O–H groups in total. The van der Waals surface area contributed by atoms with Crippen LogP contribution in [-0.4, -0.2) is 26.1 Å². The molecule has 0 fully saturated rings. The van der Waals surface area contributed by atoms with Crippen LogP contribution in [0.5, 0.6) is 0 Å². The van der Waals surface area contributed by atoms with E-state index in [2.05, 4.69) is 20.7 Å². The highest BCUT2D eigenvalue weighted by Crippen LogP contribution is 2.17. The summed E-state index contributed by atoms with van der Waals surface area (Å²) in [4.78, 5) is 13.4. The topological polar surface area (TPSA) is 85.8 Å². The predicted octanol–water partition coefficient (Wildman–Crippen LogP) is 2.44. The van der Waals surface area contributed by atoms with Crippen LogP contribution < -0.4 is 5.32 Å². The van der Waals surface area contributed by atoms with Gasteiger partial charge in [0.1, 0.15) is 12.3 Å². The van der Waals surface area contributed by atoms with Crippen LogP contribution in [0.2, 0.25) is 0 Å². The molecule has 0 aliphatic carbocycles. The highest BCUT2D eigenvalue weighted by Gasteiger charge is 2.12. The molecule has 0 unspecified atom stereocenters. The van der Waals surface area contributed by atoms with Crippen LogP contribution in [-0.2, 0) is 17.8 Å². The van der Waals surface area contributed by atoms with E-state index in [9.17, 15) is 4.79 Å². The van der Waals surface area contributed by atoms with Crippen molar-refractivity contribution in [1.82, 2.24) is 20.2 Å². The predicted molar refractivity (Wildman–Crippen MR) is 84.7 cm³/mol. The minimum Gasteiger partial charge on any atom is -0.458 e. The zero-order valence-electron chi connectivity index (χ0n) is 13.0. The Labute approximate surface area is 133 Å². The quantitative estimate of drug-likeness (QED) is 0.782. The third-order valence-electron chi connectivity index (χ3n) is 3.37. The SMILES string of the molecule is CCc1ccccc1NC(=O)Cn1nnc(-c2ccc(C)o2)n1. The Morgan fingerprint density at radius 2 is 2.09 bits per heavy atom. The van der Waals surface area contributed by atoms with Gasteiger partial charge in [-0.2, -0.15) is 4.80 Å². The number of carbonyl (C=O) groups excluding carboxylic acids is 1. The van der Waals surface area contributed by atoms with Gasteiger partial charge in [-0.25, -0.2) is 0 Å². The van der Waals surface area contributed by atoms with Gasteiger partial charge in [-0.3, -0.25) is 4.79 Å². The number of nitrogens with zero attached hydrogens (tertiary/aromatic N) is 4.